The topological polar surface area (TPSA) is 0 Å². The van der Waals surface area contributed by atoms with E-state index in [2.05, 4.69) is 51.2 Å². The van der Waals surface area contributed by atoms with Crippen LogP contribution in [-0.2, 0) is 0 Å². The molecule has 0 radical (unpaired) electrons. The highest BCUT2D eigenvalue weighted by atomic mass is 14.3. The third-order valence-corrected chi connectivity index (χ3v) is 3.13. The molecule has 0 N–H and O–H groups in total. The van der Waals surface area contributed by atoms with Crippen LogP contribution in [0.15, 0.2) is 36.0 Å². The molecular weight excluding hydrogens is 180 g/mol. The highest BCUT2D eigenvalue weighted by Crippen LogP contribution is 2.36. The Bertz CT molecular complexity index is 268. The van der Waals surface area contributed by atoms with Gasteiger partial charge < -0.3 is 0 Å². The molecule has 1 aliphatic rings. The number of hydrogen-bond donors (Lipinski definition) is 0. The Labute approximate surface area is 94.8 Å². The van der Waals surface area contributed by atoms with Gasteiger partial charge in [-0.05, 0) is 26.2 Å². The van der Waals surface area contributed by atoms with Gasteiger partial charge in [0, 0.05) is 5.41 Å². The fourth-order valence-corrected chi connectivity index (χ4v) is 2.39. The third kappa shape index (κ3) is 3.37. The second-order valence-corrected chi connectivity index (χ2v) is 4.55. The van der Waals surface area contributed by atoms with Crippen LogP contribution in [0, 0.1) is 5.41 Å². The lowest BCUT2D eigenvalue weighted by atomic mass is 9.76. The van der Waals surface area contributed by atoms with E-state index in [0.29, 0.717) is 5.41 Å². The van der Waals surface area contributed by atoms with Crippen molar-refractivity contribution in [3.05, 3.63) is 36.0 Å². The Morgan fingerprint density at radius 3 is 2.60 bits per heavy atom. The van der Waals surface area contributed by atoms with Crippen LogP contribution in [0.2, 0.25) is 0 Å². The summed E-state index contributed by atoms with van der Waals surface area (Å²) in [6.45, 7) is 6.63. The Kier molecular flexibility index (Phi) is 4.87. The Balaban J connectivity index is 2.70. The summed E-state index contributed by atoms with van der Waals surface area (Å²) in [5, 5.41) is 0. The van der Waals surface area contributed by atoms with E-state index in [1.54, 1.807) is 0 Å². The van der Waals surface area contributed by atoms with Crippen molar-refractivity contribution >= 4 is 0 Å². The van der Waals surface area contributed by atoms with E-state index >= 15 is 0 Å². The SMILES string of the molecule is CC=CC1(CCC)C=CC(CCC)=CC1. The van der Waals surface area contributed by atoms with Gasteiger partial charge in [0.1, 0.15) is 0 Å². The van der Waals surface area contributed by atoms with Gasteiger partial charge in [-0.1, -0.05) is 62.6 Å². The van der Waals surface area contributed by atoms with Gasteiger partial charge in [-0.2, -0.15) is 0 Å². The van der Waals surface area contributed by atoms with Crippen molar-refractivity contribution in [1.82, 2.24) is 0 Å². The summed E-state index contributed by atoms with van der Waals surface area (Å²) in [4.78, 5) is 0. The first-order valence-corrected chi connectivity index (χ1v) is 6.28. The van der Waals surface area contributed by atoms with Crippen LogP contribution in [-0.4, -0.2) is 0 Å². The third-order valence-electron chi connectivity index (χ3n) is 3.13. The molecule has 0 aliphatic heterocycles. The zero-order valence-corrected chi connectivity index (χ0v) is 10.4. The van der Waals surface area contributed by atoms with Gasteiger partial charge in [0.2, 0.25) is 0 Å². The maximum absolute atomic E-state index is 2.43. The minimum absolute atomic E-state index is 0.320. The van der Waals surface area contributed by atoms with Crippen molar-refractivity contribution in [2.24, 2.45) is 5.41 Å². The minimum atomic E-state index is 0.320. The van der Waals surface area contributed by atoms with Crippen LogP contribution in [0.25, 0.3) is 0 Å². The molecule has 1 rings (SSSR count). The van der Waals surface area contributed by atoms with Crippen LogP contribution >= 0.6 is 0 Å². The lowest BCUT2D eigenvalue weighted by molar-refractivity contribution is 0.442. The van der Waals surface area contributed by atoms with Crippen molar-refractivity contribution in [1.29, 1.82) is 0 Å². The predicted octanol–water partition coefficient (Wildman–Crippen LogP) is 5.04. The molecule has 0 saturated carbocycles. The number of allylic oxidation sites excluding steroid dienone is 6. The van der Waals surface area contributed by atoms with Crippen LogP contribution in [0.4, 0.5) is 0 Å². The molecule has 0 amide bonds. The molecule has 0 nitrogen and oxygen atoms in total. The van der Waals surface area contributed by atoms with Crippen molar-refractivity contribution in [3.63, 3.8) is 0 Å². The van der Waals surface area contributed by atoms with Gasteiger partial charge in [0.15, 0.2) is 0 Å². The van der Waals surface area contributed by atoms with Gasteiger partial charge in [0.05, 0.1) is 0 Å². The quantitative estimate of drug-likeness (QED) is 0.551. The summed E-state index contributed by atoms with van der Waals surface area (Å²) in [5.74, 6) is 0. The van der Waals surface area contributed by atoms with E-state index in [1.165, 1.54) is 37.7 Å². The summed E-state index contributed by atoms with van der Waals surface area (Å²) in [6.07, 6.45) is 17.9. The van der Waals surface area contributed by atoms with Crippen molar-refractivity contribution in [3.8, 4) is 0 Å². The molecule has 0 bridgehead atoms. The highest BCUT2D eigenvalue weighted by molar-refractivity contribution is 5.29. The minimum Gasteiger partial charge on any atom is -0.0908 e. The molecule has 0 saturated heterocycles. The first kappa shape index (κ1) is 12.3. The van der Waals surface area contributed by atoms with E-state index < -0.39 is 0 Å². The summed E-state index contributed by atoms with van der Waals surface area (Å²) in [7, 11) is 0. The molecule has 0 aromatic rings. The average Bonchev–Trinajstić information content (AvgIpc) is 2.23. The first-order chi connectivity index (χ1) is 7.26. The molecule has 84 valence electrons. The molecular formula is C15H24. The molecule has 0 spiro atoms. The zero-order valence-electron chi connectivity index (χ0n) is 10.4. The summed E-state index contributed by atoms with van der Waals surface area (Å²) < 4.78 is 0. The normalized spacial score (nSPS) is 25.9. The second kappa shape index (κ2) is 5.95. The lowest BCUT2D eigenvalue weighted by Crippen LogP contribution is -2.16. The van der Waals surface area contributed by atoms with Gasteiger partial charge in [-0.15, -0.1) is 0 Å². The zero-order chi connectivity index (χ0) is 11.1. The van der Waals surface area contributed by atoms with Crippen molar-refractivity contribution in [2.45, 2.75) is 52.9 Å². The lowest BCUT2D eigenvalue weighted by Gasteiger charge is -2.29. The van der Waals surface area contributed by atoms with E-state index in [0.717, 1.165) is 0 Å². The van der Waals surface area contributed by atoms with E-state index in [-0.39, 0.29) is 0 Å². The summed E-state index contributed by atoms with van der Waals surface area (Å²) >= 11 is 0. The van der Waals surface area contributed by atoms with Crippen LogP contribution in [0.1, 0.15) is 52.9 Å². The Morgan fingerprint density at radius 1 is 1.33 bits per heavy atom. The number of hydrogen-bond acceptors (Lipinski definition) is 0. The molecule has 0 aromatic carbocycles. The number of rotatable bonds is 5. The maximum atomic E-state index is 2.43. The van der Waals surface area contributed by atoms with Crippen LogP contribution in [0.5, 0.6) is 0 Å². The molecule has 15 heavy (non-hydrogen) atoms. The van der Waals surface area contributed by atoms with Crippen molar-refractivity contribution in [2.75, 3.05) is 0 Å². The van der Waals surface area contributed by atoms with E-state index in [1.807, 2.05) is 0 Å². The highest BCUT2D eigenvalue weighted by Gasteiger charge is 2.23. The molecule has 1 aliphatic carbocycles. The van der Waals surface area contributed by atoms with Crippen LogP contribution < -0.4 is 0 Å². The van der Waals surface area contributed by atoms with E-state index in [4.69, 9.17) is 0 Å². The Morgan fingerprint density at radius 2 is 2.13 bits per heavy atom. The fourth-order valence-electron chi connectivity index (χ4n) is 2.39. The first-order valence-electron chi connectivity index (χ1n) is 6.28. The maximum Gasteiger partial charge on any atom is 0.00986 e. The molecule has 0 heterocycles. The molecule has 0 aromatic heterocycles. The fraction of sp³-hybridized carbons (Fsp3) is 0.600. The average molecular weight is 204 g/mol. The van der Waals surface area contributed by atoms with Gasteiger partial charge in [-0.3, -0.25) is 0 Å². The summed E-state index contributed by atoms with van der Waals surface area (Å²) in [5.41, 5.74) is 1.84. The smallest absolute Gasteiger partial charge is 0.00986 e. The molecule has 1 atom stereocenters. The van der Waals surface area contributed by atoms with E-state index in [9.17, 15) is 0 Å². The summed E-state index contributed by atoms with van der Waals surface area (Å²) in [6, 6.07) is 0. The molecule has 1 unspecified atom stereocenters. The van der Waals surface area contributed by atoms with Crippen LogP contribution in [0.3, 0.4) is 0 Å². The van der Waals surface area contributed by atoms with Gasteiger partial charge in [0.25, 0.3) is 0 Å². The standard InChI is InChI=1S/C15H24/c1-4-7-14-8-12-15(10-5-2,11-6-3)13-9-14/h5,8-10,12H,4,6-7,11,13H2,1-3H3. The van der Waals surface area contributed by atoms with Crippen molar-refractivity contribution < 1.29 is 0 Å². The Hall–Kier alpha value is -0.780. The largest absolute Gasteiger partial charge is 0.0908 e. The van der Waals surface area contributed by atoms with Gasteiger partial charge >= 0.3 is 0 Å². The van der Waals surface area contributed by atoms with Gasteiger partial charge in [-0.25, -0.2) is 0 Å². The second-order valence-electron chi connectivity index (χ2n) is 4.55. The predicted molar refractivity (Wildman–Crippen MR) is 68.9 cm³/mol. The molecule has 0 fully saturated rings. The monoisotopic (exact) mass is 204 g/mol. The molecule has 0 heteroatoms.